The predicted octanol–water partition coefficient (Wildman–Crippen LogP) is 2.22. The average molecular weight is 199 g/mol. The molecule has 76 valence electrons. The van der Waals surface area contributed by atoms with E-state index >= 15 is 0 Å². The third-order valence-corrected chi connectivity index (χ3v) is 2.44. The predicted molar refractivity (Wildman–Crippen MR) is 63.2 cm³/mol. The van der Waals surface area contributed by atoms with E-state index in [1.54, 1.807) is 12.3 Å². The van der Waals surface area contributed by atoms with Crippen molar-refractivity contribution in [2.75, 3.05) is 11.5 Å². The third kappa shape index (κ3) is 1.64. The fraction of sp³-hybridized carbons (Fsp3) is 0.0833. The molecule has 0 saturated heterocycles. The first-order chi connectivity index (χ1) is 7.20. The molecule has 0 aliphatic carbocycles. The average Bonchev–Trinajstić information content (AvgIpc) is 2.23. The van der Waals surface area contributed by atoms with Crippen molar-refractivity contribution in [3.63, 3.8) is 0 Å². The van der Waals surface area contributed by atoms with E-state index in [1.165, 1.54) is 0 Å². The number of hydrogen-bond acceptors (Lipinski definition) is 3. The number of rotatable bonds is 1. The molecule has 15 heavy (non-hydrogen) atoms. The summed E-state index contributed by atoms with van der Waals surface area (Å²) in [5.74, 6) is 0. The second-order valence-corrected chi connectivity index (χ2v) is 3.44. The maximum Gasteiger partial charge on any atom is 0.0628 e. The van der Waals surface area contributed by atoms with Crippen molar-refractivity contribution in [2.45, 2.75) is 6.92 Å². The fourth-order valence-corrected chi connectivity index (χ4v) is 1.59. The Morgan fingerprint density at radius 2 is 1.73 bits per heavy atom. The van der Waals surface area contributed by atoms with Gasteiger partial charge in [-0.2, -0.15) is 0 Å². The SMILES string of the molecule is Cc1ncccc1-c1cccc(N)c1N. The number of pyridine rings is 1. The molecule has 0 aliphatic rings. The van der Waals surface area contributed by atoms with Gasteiger partial charge in [0.15, 0.2) is 0 Å². The number of nitrogens with two attached hydrogens (primary N) is 2. The Hall–Kier alpha value is -2.03. The zero-order valence-electron chi connectivity index (χ0n) is 8.57. The number of nitrogens with zero attached hydrogens (tertiary/aromatic N) is 1. The number of benzene rings is 1. The molecule has 1 aromatic carbocycles. The molecule has 0 unspecified atom stereocenters. The molecule has 0 spiro atoms. The Morgan fingerprint density at radius 3 is 2.47 bits per heavy atom. The van der Waals surface area contributed by atoms with Gasteiger partial charge in [-0.25, -0.2) is 0 Å². The van der Waals surface area contributed by atoms with E-state index in [4.69, 9.17) is 11.5 Å². The highest BCUT2D eigenvalue weighted by Gasteiger charge is 2.07. The van der Waals surface area contributed by atoms with Gasteiger partial charge in [-0.15, -0.1) is 0 Å². The van der Waals surface area contributed by atoms with Crippen LogP contribution in [-0.2, 0) is 0 Å². The molecule has 2 aromatic rings. The van der Waals surface area contributed by atoms with Crippen LogP contribution < -0.4 is 11.5 Å². The van der Waals surface area contributed by atoms with Crippen LogP contribution >= 0.6 is 0 Å². The lowest BCUT2D eigenvalue weighted by molar-refractivity contribution is 1.20. The van der Waals surface area contributed by atoms with E-state index in [0.29, 0.717) is 11.4 Å². The number of nitrogen functional groups attached to an aromatic ring is 2. The minimum Gasteiger partial charge on any atom is -0.397 e. The second kappa shape index (κ2) is 3.61. The van der Waals surface area contributed by atoms with Gasteiger partial charge in [-0.3, -0.25) is 4.98 Å². The lowest BCUT2D eigenvalue weighted by Crippen LogP contribution is -1.98. The Bertz CT molecular complexity index is 492. The molecule has 0 atom stereocenters. The zero-order chi connectivity index (χ0) is 10.8. The summed E-state index contributed by atoms with van der Waals surface area (Å²) in [6.45, 7) is 1.96. The highest BCUT2D eigenvalue weighted by atomic mass is 14.7. The van der Waals surface area contributed by atoms with Crippen molar-refractivity contribution in [1.82, 2.24) is 4.98 Å². The van der Waals surface area contributed by atoms with Crippen LogP contribution in [0.25, 0.3) is 11.1 Å². The largest absolute Gasteiger partial charge is 0.397 e. The molecule has 2 rings (SSSR count). The molecule has 0 fully saturated rings. The van der Waals surface area contributed by atoms with Gasteiger partial charge in [0.1, 0.15) is 0 Å². The van der Waals surface area contributed by atoms with Crippen LogP contribution in [0.2, 0.25) is 0 Å². The summed E-state index contributed by atoms with van der Waals surface area (Å²) in [6, 6.07) is 9.53. The van der Waals surface area contributed by atoms with Gasteiger partial charge in [-0.1, -0.05) is 18.2 Å². The van der Waals surface area contributed by atoms with Gasteiger partial charge in [0.2, 0.25) is 0 Å². The minimum absolute atomic E-state index is 0.607. The molecule has 0 bridgehead atoms. The van der Waals surface area contributed by atoms with E-state index in [9.17, 15) is 0 Å². The lowest BCUT2D eigenvalue weighted by atomic mass is 10.0. The lowest BCUT2D eigenvalue weighted by Gasteiger charge is -2.09. The van der Waals surface area contributed by atoms with E-state index < -0.39 is 0 Å². The summed E-state index contributed by atoms with van der Waals surface area (Å²) >= 11 is 0. The van der Waals surface area contributed by atoms with Gasteiger partial charge < -0.3 is 11.5 Å². The number of anilines is 2. The maximum absolute atomic E-state index is 5.93. The number of aromatic nitrogens is 1. The van der Waals surface area contributed by atoms with Crippen LogP contribution in [0.5, 0.6) is 0 Å². The molecular formula is C12H13N3. The molecule has 3 nitrogen and oxygen atoms in total. The molecule has 3 heteroatoms. The summed E-state index contributed by atoms with van der Waals surface area (Å²) in [6.07, 6.45) is 1.77. The molecular weight excluding hydrogens is 186 g/mol. The van der Waals surface area contributed by atoms with Gasteiger partial charge in [0.25, 0.3) is 0 Å². The second-order valence-electron chi connectivity index (χ2n) is 3.44. The topological polar surface area (TPSA) is 64.9 Å². The van der Waals surface area contributed by atoms with Crippen molar-refractivity contribution >= 4 is 11.4 Å². The van der Waals surface area contributed by atoms with Crippen LogP contribution in [0.15, 0.2) is 36.5 Å². The molecule has 0 amide bonds. The first-order valence-electron chi connectivity index (χ1n) is 4.76. The summed E-state index contributed by atoms with van der Waals surface area (Å²) in [5.41, 5.74) is 15.8. The van der Waals surface area contributed by atoms with E-state index in [-0.39, 0.29) is 0 Å². The van der Waals surface area contributed by atoms with Crippen LogP contribution in [0.3, 0.4) is 0 Å². The smallest absolute Gasteiger partial charge is 0.0628 e. The Morgan fingerprint density at radius 1 is 1.00 bits per heavy atom. The van der Waals surface area contributed by atoms with Gasteiger partial charge in [0, 0.05) is 23.0 Å². The molecule has 4 N–H and O–H groups in total. The fourth-order valence-electron chi connectivity index (χ4n) is 1.59. The Kier molecular flexibility index (Phi) is 2.29. The standard InChI is InChI=1S/C12H13N3/c1-8-9(5-3-7-15-8)10-4-2-6-11(13)12(10)14/h2-7H,13-14H2,1H3. The maximum atomic E-state index is 5.93. The Balaban J connectivity index is 2.65. The quantitative estimate of drug-likeness (QED) is 0.692. The van der Waals surface area contributed by atoms with Crippen molar-refractivity contribution in [3.05, 3.63) is 42.2 Å². The van der Waals surface area contributed by atoms with Gasteiger partial charge >= 0.3 is 0 Å². The van der Waals surface area contributed by atoms with Crippen molar-refractivity contribution in [3.8, 4) is 11.1 Å². The number of aryl methyl sites for hydroxylation is 1. The van der Waals surface area contributed by atoms with Crippen LogP contribution in [0.4, 0.5) is 11.4 Å². The summed E-state index contributed by atoms with van der Waals surface area (Å²) in [7, 11) is 0. The summed E-state index contributed by atoms with van der Waals surface area (Å²) in [4.78, 5) is 4.23. The highest BCUT2D eigenvalue weighted by molar-refractivity contribution is 5.84. The van der Waals surface area contributed by atoms with Crippen LogP contribution in [0, 0.1) is 6.92 Å². The molecule has 1 aromatic heterocycles. The first-order valence-corrected chi connectivity index (χ1v) is 4.76. The van der Waals surface area contributed by atoms with Gasteiger partial charge in [0.05, 0.1) is 11.4 Å². The van der Waals surface area contributed by atoms with Crippen LogP contribution in [-0.4, -0.2) is 4.98 Å². The first kappa shape index (κ1) is 9.52. The molecule has 0 saturated carbocycles. The monoisotopic (exact) mass is 199 g/mol. The van der Waals surface area contributed by atoms with Crippen LogP contribution in [0.1, 0.15) is 5.69 Å². The van der Waals surface area contributed by atoms with Crippen molar-refractivity contribution < 1.29 is 0 Å². The Labute approximate surface area is 88.8 Å². The third-order valence-electron chi connectivity index (χ3n) is 2.44. The van der Waals surface area contributed by atoms with Gasteiger partial charge in [-0.05, 0) is 19.1 Å². The number of para-hydroxylation sites is 1. The molecule has 1 heterocycles. The summed E-state index contributed by atoms with van der Waals surface area (Å²) < 4.78 is 0. The zero-order valence-corrected chi connectivity index (χ0v) is 8.57. The van der Waals surface area contributed by atoms with E-state index in [1.807, 2.05) is 31.2 Å². The minimum atomic E-state index is 0.607. The highest BCUT2D eigenvalue weighted by Crippen LogP contribution is 2.30. The van der Waals surface area contributed by atoms with E-state index in [2.05, 4.69) is 4.98 Å². The summed E-state index contributed by atoms with van der Waals surface area (Å²) in [5, 5.41) is 0. The molecule has 0 aliphatic heterocycles. The van der Waals surface area contributed by atoms with E-state index in [0.717, 1.165) is 16.8 Å². The number of hydrogen-bond donors (Lipinski definition) is 2. The van der Waals surface area contributed by atoms with Crippen molar-refractivity contribution in [2.24, 2.45) is 0 Å². The molecule has 0 radical (unpaired) electrons. The normalized spacial score (nSPS) is 10.2. The van der Waals surface area contributed by atoms with Crippen molar-refractivity contribution in [1.29, 1.82) is 0 Å².